The molecule has 6 heteroatoms. The molecule has 11 aromatic rings. The second-order valence-corrected chi connectivity index (χ2v) is 14.8. The van der Waals surface area contributed by atoms with Crippen LogP contribution in [0.1, 0.15) is 11.1 Å². The van der Waals surface area contributed by atoms with Crippen LogP contribution in [-0.2, 0) is 0 Å². The SMILES string of the molecule is N#Cc1ccc(-c2cc(-c3nc(-c4ccccc4)cc(-c4ccccc4)n3)cc(-c3ccc(C#N)cc3)c2-n2c3ccccc3c3c4oc5ccccc5c4ccc32)cc1. The van der Waals surface area contributed by atoms with Gasteiger partial charge in [-0.2, -0.15) is 10.5 Å². The molecule has 11 rings (SSSR count). The lowest BCUT2D eigenvalue weighted by atomic mass is 9.91. The molecule has 0 spiro atoms. The van der Waals surface area contributed by atoms with Crippen molar-refractivity contribution in [2.45, 2.75) is 0 Å². The summed E-state index contributed by atoms with van der Waals surface area (Å²) < 4.78 is 9.02. The molecule has 60 heavy (non-hydrogen) atoms. The van der Waals surface area contributed by atoms with Crippen LogP contribution in [0.5, 0.6) is 0 Å². The fourth-order valence-electron chi connectivity index (χ4n) is 8.46. The minimum absolute atomic E-state index is 0.567. The van der Waals surface area contributed by atoms with Crippen LogP contribution in [0.2, 0.25) is 0 Å². The molecule has 0 aliphatic carbocycles. The molecule has 0 atom stereocenters. The summed E-state index contributed by atoms with van der Waals surface area (Å²) in [5.41, 5.74) is 13.8. The molecule has 0 saturated carbocycles. The molecule has 0 amide bonds. The zero-order valence-electron chi connectivity index (χ0n) is 32.0. The Balaban J connectivity index is 1.28. The minimum atomic E-state index is 0.567. The van der Waals surface area contributed by atoms with Gasteiger partial charge in [0.2, 0.25) is 0 Å². The van der Waals surface area contributed by atoms with Gasteiger partial charge in [0.05, 0.1) is 56.8 Å². The van der Waals surface area contributed by atoms with Crippen molar-refractivity contribution in [3.05, 3.63) is 199 Å². The van der Waals surface area contributed by atoms with Crippen LogP contribution < -0.4 is 0 Å². The molecule has 0 saturated heterocycles. The van der Waals surface area contributed by atoms with E-state index in [1.165, 1.54) is 0 Å². The Hall–Kier alpha value is -8.58. The monoisotopic (exact) mass is 765 g/mol. The highest BCUT2D eigenvalue weighted by Gasteiger charge is 2.25. The first-order valence-electron chi connectivity index (χ1n) is 19.7. The number of aromatic nitrogens is 3. The maximum Gasteiger partial charge on any atom is 0.160 e. The van der Waals surface area contributed by atoms with Gasteiger partial charge in [0.25, 0.3) is 0 Å². The van der Waals surface area contributed by atoms with E-state index >= 15 is 0 Å². The van der Waals surface area contributed by atoms with Crippen molar-refractivity contribution in [3.8, 4) is 74.0 Å². The number of rotatable bonds is 6. The second-order valence-electron chi connectivity index (χ2n) is 14.8. The van der Waals surface area contributed by atoms with E-state index in [4.69, 9.17) is 14.4 Å². The van der Waals surface area contributed by atoms with Crippen molar-refractivity contribution in [2.75, 3.05) is 0 Å². The van der Waals surface area contributed by atoms with Crippen molar-refractivity contribution >= 4 is 43.7 Å². The number of nitriles is 2. The Bertz CT molecular complexity index is 3400. The van der Waals surface area contributed by atoms with Crippen LogP contribution in [0.3, 0.4) is 0 Å². The third-order valence-corrected chi connectivity index (χ3v) is 11.3. The fourth-order valence-corrected chi connectivity index (χ4v) is 8.46. The molecule has 0 N–H and O–H groups in total. The molecule has 0 radical (unpaired) electrons. The molecule has 0 aliphatic heterocycles. The first kappa shape index (κ1) is 34.7. The van der Waals surface area contributed by atoms with Gasteiger partial charge in [-0.15, -0.1) is 0 Å². The predicted molar refractivity (Wildman–Crippen MR) is 240 cm³/mol. The Morgan fingerprint density at radius 1 is 0.433 bits per heavy atom. The van der Waals surface area contributed by atoms with Gasteiger partial charge in [-0.05, 0) is 77.9 Å². The van der Waals surface area contributed by atoms with Crippen LogP contribution in [0, 0.1) is 22.7 Å². The molecular weight excluding hydrogens is 735 g/mol. The Morgan fingerprint density at radius 3 is 1.55 bits per heavy atom. The summed E-state index contributed by atoms with van der Waals surface area (Å²) in [5, 5.41) is 23.9. The molecule has 0 aliphatic rings. The van der Waals surface area contributed by atoms with E-state index in [0.717, 1.165) is 99.8 Å². The third-order valence-electron chi connectivity index (χ3n) is 11.3. The van der Waals surface area contributed by atoms with Crippen molar-refractivity contribution in [3.63, 3.8) is 0 Å². The molecule has 3 aromatic heterocycles. The number of benzene rings is 8. The van der Waals surface area contributed by atoms with Crippen LogP contribution in [-0.4, -0.2) is 14.5 Å². The van der Waals surface area contributed by atoms with Gasteiger partial charge in [-0.3, -0.25) is 0 Å². The van der Waals surface area contributed by atoms with Gasteiger partial charge < -0.3 is 8.98 Å². The second kappa shape index (κ2) is 14.1. The predicted octanol–water partition coefficient (Wildman–Crippen LogP) is 13.6. The van der Waals surface area contributed by atoms with E-state index < -0.39 is 0 Å². The Morgan fingerprint density at radius 2 is 0.967 bits per heavy atom. The van der Waals surface area contributed by atoms with Gasteiger partial charge in [0.15, 0.2) is 5.82 Å². The number of hydrogen-bond acceptors (Lipinski definition) is 5. The van der Waals surface area contributed by atoms with E-state index in [9.17, 15) is 10.5 Å². The van der Waals surface area contributed by atoms with Crippen LogP contribution >= 0.6 is 0 Å². The highest BCUT2D eigenvalue weighted by molar-refractivity contribution is 6.24. The normalized spacial score (nSPS) is 11.3. The standard InChI is InChI=1S/C54H31N5O/c55-32-34-19-23-36(24-20-34)44-29-40(54-57-46(38-11-3-1-4-12-38)31-47(58-54)39-13-5-2-6-14-39)30-45(37-25-21-35(33-56)22-26-37)52(44)59-48-17-9-7-16-43(48)51-49(59)28-27-42-41-15-8-10-18-50(41)60-53(42)51/h1-31H. The van der Waals surface area contributed by atoms with Gasteiger partial charge in [0.1, 0.15) is 11.2 Å². The Kier molecular flexibility index (Phi) is 8.15. The molecule has 6 nitrogen and oxygen atoms in total. The molecular formula is C54H31N5O. The lowest BCUT2D eigenvalue weighted by Crippen LogP contribution is -2.03. The topological polar surface area (TPSA) is 91.4 Å². The Labute approximate surface area is 345 Å². The highest BCUT2D eigenvalue weighted by atomic mass is 16.3. The van der Waals surface area contributed by atoms with Gasteiger partial charge in [0, 0.05) is 44.0 Å². The van der Waals surface area contributed by atoms with Crippen molar-refractivity contribution in [1.82, 2.24) is 14.5 Å². The average Bonchev–Trinajstić information content (AvgIpc) is 3.87. The number of para-hydroxylation sites is 2. The zero-order valence-corrected chi connectivity index (χ0v) is 32.0. The van der Waals surface area contributed by atoms with Gasteiger partial charge in [-0.25, -0.2) is 9.97 Å². The molecule has 278 valence electrons. The maximum absolute atomic E-state index is 9.85. The summed E-state index contributed by atoms with van der Waals surface area (Å²) >= 11 is 0. The quantitative estimate of drug-likeness (QED) is 0.168. The smallest absolute Gasteiger partial charge is 0.160 e. The van der Waals surface area contributed by atoms with Crippen LogP contribution in [0.25, 0.3) is 106 Å². The van der Waals surface area contributed by atoms with Crippen molar-refractivity contribution in [1.29, 1.82) is 10.5 Å². The summed E-state index contributed by atoms with van der Waals surface area (Å²) in [7, 11) is 0. The zero-order chi connectivity index (χ0) is 40.2. The van der Waals surface area contributed by atoms with E-state index in [2.05, 4.69) is 95.6 Å². The fraction of sp³-hybridized carbons (Fsp3) is 0. The van der Waals surface area contributed by atoms with Crippen LogP contribution in [0.15, 0.2) is 192 Å². The van der Waals surface area contributed by atoms with E-state index in [1.54, 1.807) is 0 Å². The highest BCUT2D eigenvalue weighted by Crippen LogP contribution is 2.46. The molecule has 0 fully saturated rings. The number of furan rings is 1. The average molecular weight is 766 g/mol. The van der Waals surface area contributed by atoms with Gasteiger partial charge >= 0.3 is 0 Å². The summed E-state index contributed by atoms with van der Waals surface area (Å²) in [4.78, 5) is 10.5. The molecule has 0 bridgehead atoms. The summed E-state index contributed by atoms with van der Waals surface area (Å²) in [5.74, 6) is 0.567. The summed E-state index contributed by atoms with van der Waals surface area (Å²) in [6.45, 7) is 0. The first-order chi connectivity index (χ1) is 29.6. The van der Waals surface area contributed by atoms with Crippen LogP contribution in [0.4, 0.5) is 0 Å². The van der Waals surface area contributed by atoms with E-state index in [0.29, 0.717) is 17.0 Å². The van der Waals surface area contributed by atoms with Crippen molar-refractivity contribution in [2.24, 2.45) is 0 Å². The largest absolute Gasteiger partial charge is 0.455 e. The molecule has 0 unspecified atom stereocenters. The molecule has 3 heterocycles. The third kappa shape index (κ3) is 5.71. The number of fused-ring (bicyclic) bond motifs is 7. The maximum atomic E-state index is 9.85. The van der Waals surface area contributed by atoms with E-state index in [-0.39, 0.29) is 0 Å². The number of hydrogen-bond donors (Lipinski definition) is 0. The lowest BCUT2D eigenvalue weighted by molar-refractivity contribution is 0.673. The lowest BCUT2D eigenvalue weighted by Gasteiger charge is -2.21. The number of nitrogens with zero attached hydrogens (tertiary/aromatic N) is 5. The van der Waals surface area contributed by atoms with Crippen molar-refractivity contribution < 1.29 is 4.42 Å². The first-order valence-corrected chi connectivity index (χ1v) is 19.7. The van der Waals surface area contributed by atoms with Gasteiger partial charge in [-0.1, -0.05) is 121 Å². The van der Waals surface area contributed by atoms with E-state index in [1.807, 2.05) is 109 Å². The summed E-state index contributed by atoms with van der Waals surface area (Å²) in [6.07, 6.45) is 0. The summed E-state index contributed by atoms with van der Waals surface area (Å²) in [6, 6.07) is 67.7. The minimum Gasteiger partial charge on any atom is -0.455 e. The molecule has 8 aromatic carbocycles.